The van der Waals surface area contributed by atoms with E-state index >= 15 is 0 Å². The van der Waals surface area contributed by atoms with Crippen LogP contribution in [-0.2, 0) is 20.7 Å². The molecule has 0 saturated carbocycles. The van der Waals surface area contributed by atoms with Gasteiger partial charge in [0.15, 0.2) is 0 Å². The molecule has 0 aliphatic rings. The molecule has 0 saturated heterocycles. The summed E-state index contributed by atoms with van der Waals surface area (Å²) in [6.45, 7) is 8.90. The molecule has 3 amide bonds. The molecule has 3 aromatic carbocycles. The molecule has 0 heterocycles. The van der Waals surface area contributed by atoms with Gasteiger partial charge in [-0.05, 0) is 57.4 Å². The van der Waals surface area contributed by atoms with Gasteiger partial charge >= 0.3 is 6.09 Å². The topological polar surface area (TPSA) is 87.7 Å². The Hall–Kier alpha value is -4.28. The van der Waals surface area contributed by atoms with Crippen LogP contribution in [0.3, 0.4) is 0 Å². The average molecular weight is 560 g/mol. The number of ether oxygens (including phenoxy) is 1. The summed E-state index contributed by atoms with van der Waals surface area (Å²) in [5.41, 5.74) is 2.63. The van der Waals surface area contributed by atoms with E-state index in [-0.39, 0.29) is 6.42 Å². The van der Waals surface area contributed by atoms with Crippen LogP contribution in [0.1, 0.15) is 49.1 Å². The minimum absolute atomic E-state index is 0.128. The molecule has 0 bridgehead atoms. The van der Waals surface area contributed by atoms with Crippen molar-refractivity contribution in [2.45, 2.75) is 58.7 Å². The molecule has 2 N–H and O–H groups in total. The third-order valence-electron chi connectivity index (χ3n) is 6.02. The van der Waals surface area contributed by atoms with Gasteiger partial charge in [0.05, 0.1) is 10.7 Å². The summed E-state index contributed by atoms with van der Waals surface area (Å²) >= 11 is 6.37. The van der Waals surface area contributed by atoms with E-state index in [1.54, 1.807) is 45.0 Å². The van der Waals surface area contributed by atoms with Crippen LogP contribution in [0.5, 0.6) is 0 Å². The van der Waals surface area contributed by atoms with Crippen molar-refractivity contribution in [1.82, 2.24) is 10.2 Å². The van der Waals surface area contributed by atoms with E-state index in [9.17, 15) is 14.4 Å². The quantitative estimate of drug-likeness (QED) is 0.254. The number of hydrogen-bond acceptors (Lipinski definition) is 4. The SMILES string of the molecule is C#CN(C(=O)C(Cc1ccccc1)NC(=O)OC(C)(C)C)C(C(=O)Nc1c(C)cccc1Cl)c1ccc(C)cc1. The zero-order valence-corrected chi connectivity index (χ0v) is 24.1. The first kappa shape index (κ1) is 30.3. The molecule has 2 atom stereocenters. The van der Waals surface area contributed by atoms with Gasteiger partial charge in [-0.2, -0.15) is 0 Å². The average Bonchev–Trinajstić information content (AvgIpc) is 2.89. The Morgan fingerprint density at radius 1 is 0.975 bits per heavy atom. The summed E-state index contributed by atoms with van der Waals surface area (Å²) in [4.78, 5) is 41.6. The summed E-state index contributed by atoms with van der Waals surface area (Å²) in [6.07, 6.45) is 5.25. The standard InChI is InChI=1S/C32H34ClN3O4/c1-7-36(30(38)26(20-23-13-9-8-10-14-23)34-31(39)40-32(4,5)6)28(24-18-16-21(2)17-19-24)29(37)35-27-22(3)12-11-15-25(27)33/h1,8-19,26,28H,20H2,2-6H3,(H,34,39)(H,35,37). The van der Waals surface area contributed by atoms with Crippen molar-refractivity contribution in [3.8, 4) is 12.5 Å². The second-order valence-corrected chi connectivity index (χ2v) is 10.9. The molecule has 7 nitrogen and oxygen atoms in total. The number of halogens is 1. The zero-order valence-electron chi connectivity index (χ0n) is 23.3. The first-order valence-corrected chi connectivity index (χ1v) is 13.2. The van der Waals surface area contributed by atoms with E-state index in [4.69, 9.17) is 22.8 Å². The number of carbonyl (C=O) groups is 3. The van der Waals surface area contributed by atoms with Crippen molar-refractivity contribution in [1.29, 1.82) is 0 Å². The highest BCUT2D eigenvalue weighted by Gasteiger charge is 2.36. The van der Waals surface area contributed by atoms with Crippen LogP contribution in [0.2, 0.25) is 5.02 Å². The molecule has 3 aromatic rings. The lowest BCUT2D eigenvalue weighted by atomic mass is 10.00. The predicted molar refractivity (Wildman–Crippen MR) is 158 cm³/mol. The summed E-state index contributed by atoms with van der Waals surface area (Å²) < 4.78 is 5.41. The van der Waals surface area contributed by atoms with E-state index < -0.39 is 35.6 Å². The summed E-state index contributed by atoms with van der Waals surface area (Å²) in [7, 11) is 0. The predicted octanol–water partition coefficient (Wildman–Crippen LogP) is 6.19. The maximum absolute atomic E-state index is 14.1. The molecular formula is C32H34ClN3O4. The Kier molecular flexibility index (Phi) is 9.98. The summed E-state index contributed by atoms with van der Waals surface area (Å²) in [5.74, 6) is -1.20. The lowest BCUT2D eigenvalue weighted by Crippen LogP contribution is -2.51. The Morgan fingerprint density at radius 2 is 1.62 bits per heavy atom. The maximum atomic E-state index is 14.1. The van der Waals surface area contributed by atoms with Crippen LogP contribution in [0, 0.1) is 26.3 Å². The van der Waals surface area contributed by atoms with Crippen molar-refractivity contribution in [2.75, 3.05) is 5.32 Å². The molecule has 8 heteroatoms. The number of alkyl carbamates (subject to hydrolysis) is 1. The molecule has 0 aliphatic carbocycles. The van der Waals surface area contributed by atoms with Gasteiger partial charge in [0.1, 0.15) is 17.7 Å². The van der Waals surface area contributed by atoms with Crippen LogP contribution < -0.4 is 10.6 Å². The van der Waals surface area contributed by atoms with Crippen molar-refractivity contribution in [2.24, 2.45) is 0 Å². The molecular weight excluding hydrogens is 526 g/mol. The number of para-hydroxylation sites is 1. The number of nitrogens with zero attached hydrogens (tertiary/aromatic N) is 1. The van der Waals surface area contributed by atoms with Gasteiger partial charge in [-0.3, -0.25) is 14.5 Å². The Labute approximate surface area is 240 Å². The lowest BCUT2D eigenvalue weighted by molar-refractivity contribution is -0.136. The fourth-order valence-corrected chi connectivity index (χ4v) is 4.35. The van der Waals surface area contributed by atoms with Gasteiger partial charge in [0, 0.05) is 12.5 Å². The molecule has 208 valence electrons. The molecule has 0 fully saturated rings. The third-order valence-corrected chi connectivity index (χ3v) is 6.33. The number of aryl methyl sites for hydroxylation is 2. The number of nitrogens with one attached hydrogen (secondary N) is 2. The van der Waals surface area contributed by atoms with Crippen molar-refractivity contribution in [3.63, 3.8) is 0 Å². The van der Waals surface area contributed by atoms with E-state index in [0.717, 1.165) is 21.6 Å². The molecule has 0 radical (unpaired) electrons. The molecule has 0 aromatic heterocycles. The van der Waals surface area contributed by atoms with Crippen LogP contribution in [-0.4, -0.2) is 34.5 Å². The van der Waals surface area contributed by atoms with Gasteiger partial charge in [0.2, 0.25) is 0 Å². The number of anilines is 1. The van der Waals surface area contributed by atoms with Crippen LogP contribution in [0.15, 0.2) is 72.8 Å². The summed E-state index contributed by atoms with van der Waals surface area (Å²) in [6, 6.07) is 21.6. The highest BCUT2D eigenvalue weighted by atomic mass is 35.5. The largest absolute Gasteiger partial charge is 0.444 e. The van der Waals surface area contributed by atoms with Crippen molar-refractivity contribution >= 4 is 35.2 Å². The Balaban J connectivity index is 2.02. The van der Waals surface area contributed by atoms with Gasteiger partial charge in [-0.1, -0.05) is 90.3 Å². The van der Waals surface area contributed by atoms with Crippen molar-refractivity contribution in [3.05, 3.63) is 100 Å². The second kappa shape index (κ2) is 13.2. The highest BCUT2D eigenvalue weighted by molar-refractivity contribution is 6.34. The van der Waals surface area contributed by atoms with E-state index in [0.29, 0.717) is 16.3 Å². The normalized spacial score (nSPS) is 12.4. The molecule has 3 rings (SSSR count). The minimum atomic E-state index is -1.22. The van der Waals surface area contributed by atoms with E-state index in [1.807, 2.05) is 62.4 Å². The number of carbonyl (C=O) groups excluding carboxylic acids is 3. The molecule has 0 spiro atoms. The number of hydrogen-bond donors (Lipinski definition) is 2. The van der Waals surface area contributed by atoms with Crippen LogP contribution in [0.25, 0.3) is 0 Å². The monoisotopic (exact) mass is 559 g/mol. The summed E-state index contributed by atoms with van der Waals surface area (Å²) in [5, 5.41) is 5.86. The second-order valence-electron chi connectivity index (χ2n) is 10.5. The number of amides is 3. The highest BCUT2D eigenvalue weighted by Crippen LogP contribution is 2.29. The fraction of sp³-hybridized carbons (Fsp3) is 0.281. The number of benzene rings is 3. The lowest BCUT2D eigenvalue weighted by Gasteiger charge is -2.30. The van der Waals surface area contributed by atoms with E-state index in [1.165, 1.54) is 0 Å². The molecule has 40 heavy (non-hydrogen) atoms. The smallest absolute Gasteiger partial charge is 0.408 e. The fourth-order valence-electron chi connectivity index (χ4n) is 4.08. The van der Waals surface area contributed by atoms with Gasteiger partial charge in [-0.25, -0.2) is 4.79 Å². The first-order valence-electron chi connectivity index (χ1n) is 12.8. The number of rotatable bonds is 8. The molecule has 0 aliphatic heterocycles. The van der Waals surface area contributed by atoms with Gasteiger partial charge in [0.25, 0.3) is 11.8 Å². The Bertz CT molecular complexity index is 1370. The number of terminal acetylenes is 1. The maximum Gasteiger partial charge on any atom is 0.408 e. The third kappa shape index (κ3) is 8.11. The van der Waals surface area contributed by atoms with Gasteiger partial charge < -0.3 is 15.4 Å². The van der Waals surface area contributed by atoms with Crippen molar-refractivity contribution < 1.29 is 19.1 Å². The minimum Gasteiger partial charge on any atom is -0.444 e. The molecule has 2 unspecified atom stereocenters. The van der Waals surface area contributed by atoms with Gasteiger partial charge in [-0.15, -0.1) is 0 Å². The first-order chi connectivity index (χ1) is 18.9. The zero-order chi connectivity index (χ0) is 29.4. The Morgan fingerprint density at radius 3 is 2.20 bits per heavy atom. The van der Waals surface area contributed by atoms with Crippen LogP contribution in [0.4, 0.5) is 10.5 Å². The van der Waals surface area contributed by atoms with Crippen LogP contribution >= 0.6 is 11.6 Å². The van der Waals surface area contributed by atoms with E-state index in [2.05, 4.69) is 16.7 Å².